The highest BCUT2D eigenvalue weighted by atomic mass is 16.2. The largest absolute Gasteiger partial charge is 0.354 e. The maximum atomic E-state index is 11.6. The van der Waals surface area contributed by atoms with Gasteiger partial charge in [0, 0.05) is 18.3 Å². The Morgan fingerprint density at radius 1 is 1.62 bits per heavy atom. The molecule has 0 fully saturated rings. The predicted molar refractivity (Wildman–Crippen MR) is 63.3 cm³/mol. The van der Waals surface area contributed by atoms with Crippen LogP contribution in [0.5, 0.6) is 0 Å². The molecule has 0 radical (unpaired) electrons. The molecule has 3 N–H and O–H groups in total. The van der Waals surface area contributed by atoms with E-state index in [0.29, 0.717) is 13.1 Å². The van der Waals surface area contributed by atoms with Gasteiger partial charge in [-0.3, -0.25) is 9.78 Å². The molecule has 5 nitrogen and oxygen atoms in total. The van der Waals surface area contributed by atoms with Gasteiger partial charge in [-0.05, 0) is 19.9 Å². The summed E-state index contributed by atoms with van der Waals surface area (Å²) in [5.74, 6) is -0.0259. The standard InChI is InChI=1S/C11H16N4O/c1-11(2,7-12)15-6-10(16)14-8-5-13-4-3-9(8)15/h3-5H,6-7,12H2,1-2H3,(H,14,16). The van der Waals surface area contributed by atoms with Crippen molar-refractivity contribution in [2.45, 2.75) is 19.4 Å². The van der Waals surface area contributed by atoms with Crippen LogP contribution in [-0.2, 0) is 4.79 Å². The Balaban J connectivity index is 2.45. The lowest BCUT2D eigenvalue weighted by molar-refractivity contribution is -0.115. The van der Waals surface area contributed by atoms with E-state index in [1.807, 2.05) is 24.8 Å². The maximum absolute atomic E-state index is 11.6. The first-order valence-corrected chi connectivity index (χ1v) is 5.26. The Labute approximate surface area is 94.6 Å². The molecule has 2 rings (SSSR count). The summed E-state index contributed by atoms with van der Waals surface area (Å²) in [6.07, 6.45) is 3.38. The van der Waals surface area contributed by atoms with E-state index in [9.17, 15) is 4.79 Å². The van der Waals surface area contributed by atoms with E-state index in [-0.39, 0.29) is 11.4 Å². The van der Waals surface area contributed by atoms with E-state index >= 15 is 0 Å². The minimum Gasteiger partial charge on any atom is -0.354 e. The number of rotatable bonds is 2. The summed E-state index contributed by atoms with van der Waals surface area (Å²) in [4.78, 5) is 17.6. The molecule has 1 amide bonds. The number of aromatic nitrogens is 1. The first-order chi connectivity index (χ1) is 7.54. The molecule has 2 heterocycles. The fraction of sp³-hybridized carbons (Fsp3) is 0.455. The van der Waals surface area contributed by atoms with Gasteiger partial charge in [-0.2, -0.15) is 0 Å². The topological polar surface area (TPSA) is 71.2 Å². The third-order valence-corrected chi connectivity index (χ3v) is 2.89. The van der Waals surface area contributed by atoms with E-state index in [0.717, 1.165) is 11.4 Å². The minimum atomic E-state index is -0.242. The van der Waals surface area contributed by atoms with Crippen molar-refractivity contribution in [2.75, 3.05) is 23.3 Å². The Kier molecular flexibility index (Phi) is 2.55. The summed E-state index contributed by atoms with van der Waals surface area (Å²) < 4.78 is 0. The van der Waals surface area contributed by atoms with Gasteiger partial charge in [0.25, 0.3) is 0 Å². The summed E-state index contributed by atoms with van der Waals surface area (Å²) in [6, 6.07) is 1.90. The highest BCUT2D eigenvalue weighted by molar-refractivity contribution is 6.01. The fourth-order valence-corrected chi connectivity index (χ4v) is 1.79. The van der Waals surface area contributed by atoms with E-state index < -0.39 is 0 Å². The molecule has 0 unspecified atom stereocenters. The average Bonchev–Trinajstić information content (AvgIpc) is 2.28. The smallest absolute Gasteiger partial charge is 0.244 e. The van der Waals surface area contributed by atoms with Crippen LogP contribution in [0.3, 0.4) is 0 Å². The summed E-state index contributed by atoms with van der Waals surface area (Å²) >= 11 is 0. The third-order valence-electron chi connectivity index (χ3n) is 2.89. The Bertz CT molecular complexity index is 416. The first kappa shape index (κ1) is 10.9. The highest BCUT2D eigenvalue weighted by Gasteiger charge is 2.32. The van der Waals surface area contributed by atoms with Crippen LogP contribution < -0.4 is 16.0 Å². The number of nitrogens with one attached hydrogen (secondary N) is 1. The zero-order valence-electron chi connectivity index (χ0n) is 9.53. The zero-order valence-corrected chi connectivity index (χ0v) is 9.53. The molecule has 1 aromatic rings. The molecule has 16 heavy (non-hydrogen) atoms. The van der Waals surface area contributed by atoms with Gasteiger partial charge in [0.1, 0.15) is 0 Å². The fourth-order valence-electron chi connectivity index (χ4n) is 1.79. The SMILES string of the molecule is CC(C)(CN)N1CC(=O)Nc2cnccc21. The molecule has 5 heteroatoms. The van der Waals surface area contributed by atoms with Gasteiger partial charge in [0.05, 0.1) is 24.1 Å². The maximum Gasteiger partial charge on any atom is 0.244 e. The van der Waals surface area contributed by atoms with Crippen LogP contribution in [0.2, 0.25) is 0 Å². The van der Waals surface area contributed by atoms with E-state index in [2.05, 4.69) is 10.3 Å². The summed E-state index contributed by atoms with van der Waals surface area (Å²) in [7, 11) is 0. The van der Waals surface area contributed by atoms with Crippen LogP contribution >= 0.6 is 0 Å². The molecule has 0 bridgehead atoms. The highest BCUT2D eigenvalue weighted by Crippen LogP contribution is 2.32. The van der Waals surface area contributed by atoms with Crippen molar-refractivity contribution < 1.29 is 4.79 Å². The van der Waals surface area contributed by atoms with Gasteiger partial charge in [0.2, 0.25) is 5.91 Å². The van der Waals surface area contributed by atoms with Crippen LogP contribution in [0.1, 0.15) is 13.8 Å². The summed E-state index contributed by atoms with van der Waals surface area (Å²) in [6.45, 7) is 4.87. The van der Waals surface area contributed by atoms with Gasteiger partial charge in [0.15, 0.2) is 0 Å². The number of carbonyl (C=O) groups excluding carboxylic acids is 1. The number of nitrogens with two attached hydrogens (primary N) is 1. The van der Waals surface area contributed by atoms with Crippen LogP contribution in [-0.4, -0.2) is 29.5 Å². The molecule has 0 aromatic carbocycles. The van der Waals surface area contributed by atoms with Crippen LogP contribution in [0.25, 0.3) is 0 Å². The monoisotopic (exact) mass is 220 g/mol. The lowest BCUT2D eigenvalue weighted by Gasteiger charge is -2.42. The van der Waals surface area contributed by atoms with E-state index in [1.54, 1.807) is 12.4 Å². The molecule has 1 aliphatic heterocycles. The second-order valence-corrected chi connectivity index (χ2v) is 4.54. The van der Waals surface area contributed by atoms with Crippen molar-refractivity contribution in [3.05, 3.63) is 18.5 Å². The normalized spacial score (nSPS) is 15.7. The quantitative estimate of drug-likeness (QED) is 0.764. The molecule has 86 valence electrons. The van der Waals surface area contributed by atoms with Gasteiger partial charge in [-0.1, -0.05) is 0 Å². The van der Waals surface area contributed by atoms with Gasteiger partial charge in [-0.15, -0.1) is 0 Å². The van der Waals surface area contributed by atoms with Crippen molar-refractivity contribution in [2.24, 2.45) is 5.73 Å². The average molecular weight is 220 g/mol. The minimum absolute atomic E-state index is 0.0259. The van der Waals surface area contributed by atoms with Crippen LogP contribution in [0.4, 0.5) is 11.4 Å². The number of nitrogens with zero attached hydrogens (tertiary/aromatic N) is 2. The summed E-state index contributed by atoms with van der Waals surface area (Å²) in [5.41, 5.74) is 7.24. The van der Waals surface area contributed by atoms with Crippen molar-refractivity contribution >= 4 is 17.3 Å². The molecular weight excluding hydrogens is 204 g/mol. The molecule has 0 saturated heterocycles. The number of amides is 1. The molecule has 0 spiro atoms. The predicted octanol–water partition coefficient (Wildman–Crippen LogP) is 0.577. The number of hydrogen-bond acceptors (Lipinski definition) is 4. The lowest BCUT2D eigenvalue weighted by atomic mass is 10.0. The van der Waals surface area contributed by atoms with Gasteiger partial charge < -0.3 is 16.0 Å². The third kappa shape index (κ3) is 1.74. The lowest BCUT2D eigenvalue weighted by Crippen LogP contribution is -2.54. The second kappa shape index (κ2) is 3.75. The van der Waals surface area contributed by atoms with Gasteiger partial charge >= 0.3 is 0 Å². The van der Waals surface area contributed by atoms with Crippen molar-refractivity contribution in [1.82, 2.24) is 4.98 Å². The number of carbonyl (C=O) groups is 1. The molecular formula is C11H16N4O. The van der Waals surface area contributed by atoms with Crippen LogP contribution in [0, 0.1) is 0 Å². The molecule has 1 aromatic heterocycles. The number of fused-ring (bicyclic) bond motifs is 1. The molecule has 1 aliphatic rings. The number of hydrogen-bond donors (Lipinski definition) is 2. The number of pyridine rings is 1. The number of anilines is 2. The van der Waals surface area contributed by atoms with Crippen molar-refractivity contribution in [3.63, 3.8) is 0 Å². The molecule has 0 aliphatic carbocycles. The molecule has 0 saturated carbocycles. The Morgan fingerprint density at radius 3 is 3.06 bits per heavy atom. The Morgan fingerprint density at radius 2 is 2.38 bits per heavy atom. The summed E-state index contributed by atoms with van der Waals surface area (Å²) in [5, 5.41) is 2.80. The Hall–Kier alpha value is -1.62. The van der Waals surface area contributed by atoms with Crippen LogP contribution in [0.15, 0.2) is 18.5 Å². The van der Waals surface area contributed by atoms with Crippen molar-refractivity contribution in [1.29, 1.82) is 0 Å². The second-order valence-electron chi connectivity index (χ2n) is 4.54. The van der Waals surface area contributed by atoms with Gasteiger partial charge in [-0.25, -0.2) is 0 Å². The zero-order chi connectivity index (χ0) is 11.8. The first-order valence-electron chi connectivity index (χ1n) is 5.26. The molecule has 0 atom stereocenters. The van der Waals surface area contributed by atoms with E-state index in [4.69, 9.17) is 5.73 Å². The van der Waals surface area contributed by atoms with Crippen molar-refractivity contribution in [3.8, 4) is 0 Å². The van der Waals surface area contributed by atoms with E-state index in [1.165, 1.54) is 0 Å².